The summed E-state index contributed by atoms with van der Waals surface area (Å²) in [7, 11) is 1.63. The van der Waals surface area contributed by atoms with Crippen LogP contribution in [0.5, 0.6) is 5.75 Å². The smallest absolute Gasteiger partial charge is 0.155 e. The fraction of sp³-hybridized carbons (Fsp3) is 0.500. The Morgan fingerprint density at radius 2 is 1.87 bits per heavy atom. The lowest BCUT2D eigenvalue weighted by Gasteiger charge is -2.21. The Morgan fingerprint density at radius 3 is 2.40 bits per heavy atom. The molecule has 1 fully saturated rings. The molecule has 0 radical (unpaired) electrons. The summed E-state index contributed by atoms with van der Waals surface area (Å²) in [6, 6.07) is 0. The van der Waals surface area contributed by atoms with E-state index in [0.717, 1.165) is 37.3 Å². The molecule has 80 valence electrons. The number of rotatable bonds is 2. The molecule has 3 nitrogen and oxygen atoms in total. The average molecular weight is 204 g/mol. The Kier molecular flexibility index (Phi) is 2.99. The van der Waals surface area contributed by atoms with Gasteiger partial charge in [0.15, 0.2) is 5.75 Å². The van der Waals surface area contributed by atoms with Gasteiger partial charge in [-0.2, -0.15) is 0 Å². The zero-order chi connectivity index (χ0) is 10.7. The van der Waals surface area contributed by atoms with Gasteiger partial charge in [-0.25, -0.2) is 9.97 Å². The molecule has 0 spiro atoms. The van der Waals surface area contributed by atoms with Crippen molar-refractivity contribution in [3.05, 3.63) is 30.4 Å². The largest absolute Gasteiger partial charge is 0.494 e. The van der Waals surface area contributed by atoms with Gasteiger partial charge in [-0.15, -0.1) is 0 Å². The van der Waals surface area contributed by atoms with Crippen LogP contribution in [0.1, 0.15) is 37.4 Å². The predicted molar refractivity (Wildman–Crippen MR) is 58.9 cm³/mol. The second-order valence-electron chi connectivity index (χ2n) is 4.01. The fourth-order valence-electron chi connectivity index (χ4n) is 1.93. The molecule has 0 unspecified atom stereocenters. The minimum Gasteiger partial charge on any atom is -0.494 e. The Labute approximate surface area is 90.2 Å². The van der Waals surface area contributed by atoms with Crippen LogP contribution in [0.25, 0.3) is 0 Å². The van der Waals surface area contributed by atoms with Gasteiger partial charge in [0, 0.05) is 5.92 Å². The number of ether oxygens (including phenoxy) is 1. The number of aromatic nitrogens is 2. The summed E-state index contributed by atoms with van der Waals surface area (Å²) >= 11 is 0. The molecule has 2 rings (SSSR count). The summed E-state index contributed by atoms with van der Waals surface area (Å²) in [6.07, 6.45) is 7.97. The third kappa shape index (κ3) is 2.35. The van der Waals surface area contributed by atoms with Crippen LogP contribution < -0.4 is 4.74 Å². The van der Waals surface area contributed by atoms with E-state index in [1.807, 2.05) is 0 Å². The van der Waals surface area contributed by atoms with Gasteiger partial charge in [0.05, 0.1) is 19.5 Å². The van der Waals surface area contributed by atoms with Crippen molar-refractivity contribution in [2.45, 2.75) is 31.6 Å². The van der Waals surface area contributed by atoms with Crippen LogP contribution in [0.4, 0.5) is 0 Å². The van der Waals surface area contributed by atoms with Crippen molar-refractivity contribution in [3.63, 3.8) is 0 Å². The van der Waals surface area contributed by atoms with Crippen LogP contribution in [0.3, 0.4) is 0 Å². The predicted octanol–water partition coefficient (Wildman–Crippen LogP) is 2.70. The molecule has 1 heterocycles. The highest BCUT2D eigenvalue weighted by atomic mass is 16.5. The Hall–Kier alpha value is -1.38. The van der Waals surface area contributed by atoms with E-state index in [1.165, 1.54) is 5.57 Å². The molecule has 1 aliphatic carbocycles. The molecule has 0 atom stereocenters. The summed E-state index contributed by atoms with van der Waals surface area (Å²) < 4.78 is 5.03. The van der Waals surface area contributed by atoms with E-state index in [-0.39, 0.29) is 0 Å². The van der Waals surface area contributed by atoms with E-state index in [4.69, 9.17) is 4.74 Å². The summed E-state index contributed by atoms with van der Waals surface area (Å²) in [6.45, 7) is 4.01. The van der Waals surface area contributed by atoms with E-state index < -0.39 is 0 Å². The van der Waals surface area contributed by atoms with Gasteiger partial charge >= 0.3 is 0 Å². The topological polar surface area (TPSA) is 35.0 Å². The summed E-state index contributed by atoms with van der Waals surface area (Å²) in [5, 5.41) is 0. The minimum atomic E-state index is 0.501. The molecule has 0 bridgehead atoms. The molecule has 0 amide bonds. The molecule has 15 heavy (non-hydrogen) atoms. The molecule has 0 N–H and O–H groups in total. The van der Waals surface area contributed by atoms with Crippen LogP contribution >= 0.6 is 0 Å². The van der Waals surface area contributed by atoms with Gasteiger partial charge in [0.2, 0.25) is 0 Å². The third-order valence-corrected chi connectivity index (χ3v) is 2.94. The Bertz CT molecular complexity index is 335. The number of methoxy groups -OCH3 is 1. The van der Waals surface area contributed by atoms with Crippen molar-refractivity contribution in [1.29, 1.82) is 0 Å². The molecule has 3 heteroatoms. The van der Waals surface area contributed by atoms with Gasteiger partial charge in [-0.1, -0.05) is 12.2 Å². The Morgan fingerprint density at radius 1 is 1.27 bits per heavy atom. The van der Waals surface area contributed by atoms with Crippen molar-refractivity contribution >= 4 is 0 Å². The maximum Gasteiger partial charge on any atom is 0.155 e. The van der Waals surface area contributed by atoms with E-state index in [0.29, 0.717) is 5.92 Å². The quantitative estimate of drug-likeness (QED) is 0.695. The normalized spacial score (nSPS) is 17.8. The van der Waals surface area contributed by atoms with Gasteiger partial charge in [-0.05, 0) is 25.7 Å². The first kappa shape index (κ1) is 10.1. The van der Waals surface area contributed by atoms with E-state index >= 15 is 0 Å². The van der Waals surface area contributed by atoms with Crippen molar-refractivity contribution in [2.24, 2.45) is 0 Å². The maximum absolute atomic E-state index is 5.03. The van der Waals surface area contributed by atoms with Gasteiger partial charge < -0.3 is 4.74 Å². The molecule has 1 saturated carbocycles. The SMILES string of the molecule is C=C1CCC(c2ncc(OC)cn2)CC1. The summed E-state index contributed by atoms with van der Waals surface area (Å²) in [4.78, 5) is 8.66. The van der Waals surface area contributed by atoms with Crippen molar-refractivity contribution in [3.8, 4) is 5.75 Å². The zero-order valence-corrected chi connectivity index (χ0v) is 9.07. The second kappa shape index (κ2) is 4.43. The minimum absolute atomic E-state index is 0.501. The molecule has 1 aromatic rings. The van der Waals surface area contributed by atoms with E-state index in [1.54, 1.807) is 19.5 Å². The highest BCUT2D eigenvalue weighted by Gasteiger charge is 2.19. The standard InChI is InChI=1S/C12H16N2O/c1-9-3-5-10(6-4-9)12-13-7-11(15-2)8-14-12/h7-8,10H,1,3-6H2,2H3. The van der Waals surface area contributed by atoms with Crippen LogP contribution in [-0.4, -0.2) is 17.1 Å². The Balaban J connectivity index is 2.06. The average Bonchev–Trinajstić information content (AvgIpc) is 2.30. The lowest BCUT2D eigenvalue weighted by molar-refractivity contribution is 0.407. The van der Waals surface area contributed by atoms with Gasteiger partial charge in [-0.3, -0.25) is 0 Å². The highest BCUT2D eigenvalue weighted by molar-refractivity contribution is 5.14. The number of nitrogens with zero attached hydrogens (tertiary/aromatic N) is 2. The first-order valence-electron chi connectivity index (χ1n) is 5.32. The van der Waals surface area contributed by atoms with E-state index in [2.05, 4.69) is 16.5 Å². The number of hydrogen-bond acceptors (Lipinski definition) is 3. The molecular weight excluding hydrogens is 188 g/mol. The molecule has 0 aromatic carbocycles. The van der Waals surface area contributed by atoms with Crippen molar-refractivity contribution in [2.75, 3.05) is 7.11 Å². The van der Waals surface area contributed by atoms with Gasteiger partial charge in [0.25, 0.3) is 0 Å². The molecule has 1 aliphatic rings. The summed E-state index contributed by atoms with van der Waals surface area (Å²) in [5.74, 6) is 2.17. The van der Waals surface area contributed by atoms with Crippen molar-refractivity contribution < 1.29 is 4.74 Å². The van der Waals surface area contributed by atoms with Crippen LogP contribution in [0.2, 0.25) is 0 Å². The highest BCUT2D eigenvalue weighted by Crippen LogP contribution is 2.32. The lowest BCUT2D eigenvalue weighted by atomic mass is 9.86. The fourth-order valence-corrected chi connectivity index (χ4v) is 1.93. The molecule has 0 aliphatic heterocycles. The molecular formula is C12H16N2O. The number of allylic oxidation sites excluding steroid dienone is 1. The first-order chi connectivity index (χ1) is 7.29. The maximum atomic E-state index is 5.03. The zero-order valence-electron chi connectivity index (χ0n) is 9.07. The van der Waals surface area contributed by atoms with Crippen LogP contribution in [0.15, 0.2) is 24.5 Å². The second-order valence-corrected chi connectivity index (χ2v) is 4.01. The molecule has 1 aromatic heterocycles. The van der Waals surface area contributed by atoms with Crippen LogP contribution in [-0.2, 0) is 0 Å². The lowest BCUT2D eigenvalue weighted by Crippen LogP contribution is -2.09. The van der Waals surface area contributed by atoms with Crippen molar-refractivity contribution in [1.82, 2.24) is 9.97 Å². The monoisotopic (exact) mass is 204 g/mol. The third-order valence-electron chi connectivity index (χ3n) is 2.94. The summed E-state index contributed by atoms with van der Waals surface area (Å²) in [5.41, 5.74) is 1.36. The molecule has 0 saturated heterocycles. The number of hydrogen-bond donors (Lipinski definition) is 0. The first-order valence-corrected chi connectivity index (χ1v) is 5.32. The van der Waals surface area contributed by atoms with Gasteiger partial charge in [0.1, 0.15) is 5.82 Å². The van der Waals surface area contributed by atoms with Crippen LogP contribution in [0, 0.1) is 0 Å². The van der Waals surface area contributed by atoms with E-state index in [9.17, 15) is 0 Å².